The van der Waals surface area contributed by atoms with Gasteiger partial charge in [-0.3, -0.25) is 9.59 Å². The third kappa shape index (κ3) is 5.26. The van der Waals surface area contributed by atoms with Gasteiger partial charge in [-0.1, -0.05) is 18.2 Å². The van der Waals surface area contributed by atoms with E-state index in [1.807, 2.05) is 37.3 Å². The van der Waals surface area contributed by atoms with Crippen LogP contribution in [0.5, 0.6) is 5.75 Å². The van der Waals surface area contributed by atoms with Crippen molar-refractivity contribution in [3.05, 3.63) is 64.1 Å². The molecule has 0 aliphatic heterocycles. The molecule has 0 aliphatic rings. The van der Waals surface area contributed by atoms with Gasteiger partial charge in [-0.25, -0.2) is 0 Å². The van der Waals surface area contributed by atoms with E-state index in [1.54, 1.807) is 23.8 Å². The van der Waals surface area contributed by atoms with Gasteiger partial charge in [0.2, 0.25) is 5.91 Å². The van der Waals surface area contributed by atoms with Crippen LogP contribution < -0.4 is 15.6 Å². The van der Waals surface area contributed by atoms with Crippen molar-refractivity contribution in [1.82, 2.24) is 9.88 Å². The summed E-state index contributed by atoms with van der Waals surface area (Å²) in [4.78, 5) is 23.7. The summed E-state index contributed by atoms with van der Waals surface area (Å²) in [5, 5.41) is 2.92. The predicted molar refractivity (Wildman–Crippen MR) is 94.4 cm³/mol. The van der Waals surface area contributed by atoms with E-state index in [0.29, 0.717) is 19.5 Å². The van der Waals surface area contributed by atoms with Crippen LogP contribution in [-0.4, -0.2) is 24.1 Å². The molecule has 128 valence electrons. The molecular formula is C19H24N2O3. The molecule has 0 radical (unpaired) electrons. The molecule has 24 heavy (non-hydrogen) atoms. The van der Waals surface area contributed by atoms with Gasteiger partial charge >= 0.3 is 0 Å². The Bertz CT molecular complexity index is 720. The van der Waals surface area contributed by atoms with E-state index in [0.717, 1.165) is 29.8 Å². The highest BCUT2D eigenvalue weighted by Gasteiger charge is 2.04. The molecule has 0 fully saturated rings. The fraction of sp³-hybridized carbons (Fsp3) is 0.368. The molecule has 0 atom stereocenters. The van der Waals surface area contributed by atoms with Crippen molar-refractivity contribution >= 4 is 5.91 Å². The number of carbonyl (C=O) groups is 1. The second-order valence-corrected chi connectivity index (χ2v) is 5.74. The highest BCUT2D eigenvalue weighted by Crippen LogP contribution is 2.11. The van der Waals surface area contributed by atoms with Gasteiger partial charge in [0.1, 0.15) is 5.75 Å². The van der Waals surface area contributed by atoms with Crippen LogP contribution in [0, 0.1) is 6.92 Å². The standard InChI is InChI=1S/C19H24N2O3/c1-15-6-5-7-19(23)21(15)13-4-3-12-20-18(22)14-16-8-10-17(24-2)11-9-16/h5-11H,3-4,12-14H2,1-2H3,(H,20,22). The Morgan fingerprint density at radius 2 is 1.88 bits per heavy atom. The van der Waals surface area contributed by atoms with Gasteiger partial charge in [0.05, 0.1) is 13.5 Å². The number of methoxy groups -OCH3 is 1. The molecule has 1 aromatic carbocycles. The van der Waals surface area contributed by atoms with Gasteiger partial charge in [-0.05, 0) is 43.5 Å². The Kier molecular flexibility index (Phi) is 6.61. The normalized spacial score (nSPS) is 10.4. The molecule has 1 N–H and O–H groups in total. The summed E-state index contributed by atoms with van der Waals surface area (Å²) in [5.74, 6) is 0.791. The first-order chi connectivity index (χ1) is 11.6. The van der Waals surface area contributed by atoms with Crippen molar-refractivity contribution in [2.75, 3.05) is 13.7 Å². The van der Waals surface area contributed by atoms with Gasteiger partial charge in [0.15, 0.2) is 0 Å². The second-order valence-electron chi connectivity index (χ2n) is 5.74. The van der Waals surface area contributed by atoms with Gasteiger partial charge in [0.25, 0.3) is 5.56 Å². The number of hydrogen-bond acceptors (Lipinski definition) is 3. The summed E-state index contributed by atoms with van der Waals surface area (Å²) in [6, 6.07) is 12.8. The molecule has 5 nitrogen and oxygen atoms in total. The number of rotatable bonds is 8. The number of carbonyl (C=O) groups excluding carboxylic acids is 1. The number of pyridine rings is 1. The monoisotopic (exact) mass is 328 g/mol. The van der Waals surface area contributed by atoms with Crippen molar-refractivity contribution in [2.24, 2.45) is 0 Å². The SMILES string of the molecule is COc1ccc(CC(=O)NCCCCn2c(C)cccc2=O)cc1. The molecule has 0 saturated carbocycles. The number of unbranched alkanes of at least 4 members (excludes halogenated alkanes) is 1. The first-order valence-electron chi connectivity index (χ1n) is 8.16. The van der Waals surface area contributed by atoms with Gasteiger partial charge in [-0.2, -0.15) is 0 Å². The molecular weight excluding hydrogens is 304 g/mol. The van der Waals surface area contributed by atoms with E-state index < -0.39 is 0 Å². The van der Waals surface area contributed by atoms with Crippen LogP contribution in [0.3, 0.4) is 0 Å². The van der Waals surface area contributed by atoms with Crippen LogP contribution in [0.25, 0.3) is 0 Å². The zero-order valence-electron chi connectivity index (χ0n) is 14.2. The molecule has 1 heterocycles. The first kappa shape index (κ1) is 17.8. The second kappa shape index (κ2) is 8.91. The molecule has 1 aromatic heterocycles. The van der Waals surface area contributed by atoms with E-state index in [9.17, 15) is 9.59 Å². The lowest BCUT2D eigenvalue weighted by Gasteiger charge is -2.09. The average molecular weight is 328 g/mol. The quantitative estimate of drug-likeness (QED) is 0.757. The van der Waals surface area contributed by atoms with Crippen molar-refractivity contribution in [2.45, 2.75) is 32.7 Å². The van der Waals surface area contributed by atoms with Crippen molar-refractivity contribution < 1.29 is 9.53 Å². The molecule has 0 saturated heterocycles. The average Bonchev–Trinajstić information content (AvgIpc) is 2.57. The van der Waals surface area contributed by atoms with Crippen LogP contribution in [-0.2, 0) is 17.8 Å². The van der Waals surface area contributed by atoms with Crippen LogP contribution in [0.15, 0.2) is 47.3 Å². The van der Waals surface area contributed by atoms with E-state index in [4.69, 9.17) is 4.74 Å². The zero-order chi connectivity index (χ0) is 17.4. The zero-order valence-corrected chi connectivity index (χ0v) is 14.2. The topological polar surface area (TPSA) is 60.3 Å². The minimum absolute atomic E-state index is 0.00762. The number of aryl methyl sites for hydroxylation is 1. The smallest absolute Gasteiger partial charge is 0.250 e. The molecule has 1 amide bonds. The highest BCUT2D eigenvalue weighted by molar-refractivity contribution is 5.78. The fourth-order valence-electron chi connectivity index (χ4n) is 2.52. The summed E-state index contributed by atoms with van der Waals surface area (Å²) in [7, 11) is 1.62. The molecule has 0 aliphatic carbocycles. The third-order valence-electron chi connectivity index (χ3n) is 3.92. The predicted octanol–water partition coefficient (Wildman–Crippen LogP) is 2.30. The van der Waals surface area contributed by atoms with E-state index >= 15 is 0 Å². The maximum absolute atomic E-state index is 11.9. The summed E-state index contributed by atoms with van der Waals surface area (Å²) in [6.45, 7) is 3.23. The van der Waals surface area contributed by atoms with Gasteiger partial charge in [-0.15, -0.1) is 0 Å². The molecule has 2 rings (SSSR count). The number of hydrogen-bond donors (Lipinski definition) is 1. The van der Waals surface area contributed by atoms with Crippen LogP contribution in [0.4, 0.5) is 0 Å². The molecule has 5 heteroatoms. The molecule has 0 bridgehead atoms. The summed E-state index contributed by atoms with van der Waals surface area (Å²) >= 11 is 0. The maximum Gasteiger partial charge on any atom is 0.250 e. The van der Waals surface area contributed by atoms with Gasteiger partial charge < -0.3 is 14.6 Å². The van der Waals surface area contributed by atoms with Crippen LogP contribution in [0.2, 0.25) is 0 Å². The van der Waals surface area contributed by atoms with Crippen molar-refractivity contribution in [3.63, 3.8) is 0 Å². The molecule has 0 unspecified atom stereocenters. The minimum Gasteiger partial charge on any atom is -0.497 e. The number of amides is 1. The Hall–Kier alpha value is -2.56. The lowest BCUT2D eigenvalue weighted by atomic mass is 10.1. The Labute approximate surface area is 142 Å². The largest absolute Gasteiger partial charge is 0.497 e. The third-order valence-corrected chi connectivity index (χ3v) is 3.92. The highest BCUT2D eigenvalue weighted by atomic mass is 16.5. The number of nitrogens with one attached hydrogen (secondary N) is 1. The summed E-state index contributed by atoms with van der Waals surface area (Å²) < 4.78 is 6.86. The number of benzene rings is 1. The Morgan fingerprint density at radius 3 is 2.54 bits per heavy atom. The van der Waals surface area contributed by atoms with E-state index in [2.05, 4.69) is 5.32 Å². The lowest BCUT2D eigenvalue weighted by molar-refractivity contribution is -0.120. The number of aromatic nitrogens is 1. The summed E-state index contributed by atoms with van der Waals surface area (Å²) in [5.41, 5.74) is 1.95. The van der Waals surface area contributed by atoms with Crippen molar-refractivity contribution in [1.29, 1.82) is 0 Å². The fourth-order valence-corrected chi connectivity index (χ4v) is 2.52. The Morgan fingerprint density at radius 1 is 1.12 bits per heavy atom. The Balaban J connectivity index is 1.68. The van der Waals surface area contributed by atoms with Gasteiger partial charge in [0, 0.05) is 24.8 Å². The minimum atomic E-state index is 0.00762. The molecule has 0 spiro atoms. The maximum atomic E-state index is 11.9. The van der Waals surface area contributed by atoms with Crippen molar-refractivity contribution in [3.8, 4) is 5.75 Å². The van der Waals surface area contributed by atoms with E-state index in [-0.39, 0.29) is 11.5 Å². The lowest BCUT2D eigenvalue weighted by Crippen LogP contribution is -2.27. The summed E-state index contributed by atoms with van der Waals surface area (Å²) in [6.07, 6.45) is 2.06. The molecule has 2 aromatic rings. The van der Waals surface area contributed by atoms with Crippen LogP contribution in [0.1, 0.15) is 24.1 Å². The number of ether oxygens (including phenoxy) is 1. The number of nitrogens with zero attached hydrogens (tertiary/aromatic N) is 1. The first-order valence-corrected chi connectivity index (χ1v) is 8.16. The van der Waals surface area contributed by atoms with E-state index in [1.165, 1.54) is 0 Å². The van der Waals surface area contributed by atoms with Crippen LogP contribution >= 0.6 is 0 Å².